The second-order valence-corrected chi connectivity index (χ2v) is 30.8. The van der Waals surface area contributed by atoms with E-state index in [-0.39, 0.29) is 47.8 Å². The summed E-state index contributed by atoms with van der Waals surface area (Å²) < 4.78 is 78.6. The van der Waals surface area contributed by atoms with Crippen LogP contribution in [0.25, 0.3) is 44.7 Å². The molecule has 4 fully saturated rings. The number of H-pyrrole nitrogens is 1. The molecule has 0 atom stereocenters. The minimum atomic E-state index is -4.49. The van der Waals surface area contributed by atoms with Crippen molar-refractivity contribution in [1.82, 2.24) is 108 Å². The number of unbranched alkanes of at least 4 members (excludes halogenated alkanes) is 1. The summed E-state index contributed by atoms with van der Waals surface area (Å²) in [5.41, 5.74) is 36.8. The predicted octanol–water partition coefficient (Wildman–Crippen LogP) is 10.8. The molecule has 0 unspecified atom stereocenters. The lowest BCUT2D eigenvalue weighted by molar-refractivity contribution is -0.154. The number of aromatic nitrogens is 18. The molecule has 9 aromatic heterocycles. The van der Waals surface area contributed by atoms with Gasteiger partial charge in [-0.1, -0.05) is 110 Å². The van der Waals surface area contributed by atoms with Crippen molar-refractivity contribution in [2.24, 2.45) is 5.92 Å². The van der Waals surface area contributed by atoms with Crippen LogP contribution in [-0.2, 0) is 57.1 Å². The number of amides is 1. The highest BCUT2D eigenvalue weighted by molar-refractivity contribution is 5.85. The van der Waals surface area contributed by atoms with Gasteiger partial charge in [-0.25, -0.2) is 19.6 Å². The van der Waals surface area contributed by atoms with E-state index in [2.05, 4.69) is 151 Å². The number of carbonyl (C=O) groups excluding carboxylic acids is 1. The Hall–Kier alpha value is -12.6. The number of hydrogen-bond acceptors (Lipinski definition) is 27. The lowest BCUT2D eigenvalue weighted by Gasteiger charge is -2.15. The molecule has 1 aliphatic carbocycles. The van der Waals surface area contributed by atoms with Crippen molar-refractivity contribution in [2.45, 2.75) is 150 Å². The highest BCUT2D eigenvalue weighted by Crippen LogP contribution is 2.33. The number of carbonyl (C=O) groups is 1. The highest BCUT2D eigenvalue weighted by Gasteiger charge is 2.31. The Balaban J connectivity index is 0.000000133. The molecule has 0 radical (unpaired) electrons. The Morgan fingerprint density at radius 1 is 0.492 bits per heavy atom. The summed E-state index contributed by atoms with van der Waals surface area (Å²) in [6, 6.07) is 35.6. The number of nitrogens with two attached hydrogens (primary N) is 4. The van der Waals surface area contributed by atoms with Gasteiger partial charge in [-0.15, -0.1) is 0 Å². The molecule has 644 valence electrons. The van der Waals surface area contributed by atoms with Crippen LogP contribution < -0.4 is 57.6 Å². The highest BCUT2D eigenvalue weighted by atomic mass is 19.4. The van der Waals surface area contributed by atoms with Gasteiger partial charge in [0.2, 0.25) is 0 Å². The number of nitrogen functional groups attached to an aromatic ring is 4. The van der Waals surface area contributed by atoms with Gasteiger partial charge >= 0.3 is 48.0 Å². The van der Waals surface area contributed by atoms with Crippen LogP contribution in [0.2, 0.25) is 0 Å². The molecule has 3 aliphatic heterocycles. The van der Waals surface area contributed by atoms with E-state index in [0.29, 0.717) is 122 Å². The number of fused-ring (bicyclic) bond motifs is 4. The van der Waals surface area contributed by atoms with E-state index in [1.807, 2.05) is 77.8 Å². The maximum atomic E-state index is 12.5. The SMILES string of the molecule is CCCCOc1nc(N)c2[nH]c(=O)n(Cc3cccc(Cn4cccn4)c3)c2n1.CCNC(=O)Oc1nc2c(N)nc(OCCOC)nc2n1Cc1cccc(CN2CCCC2)c1.Cc1nc2c(N)nc(OCC(F)(F)F)nc2n1Cc1cccc(CN2CCCC2)c1.Cc1nc2c(N)nc(OCC3CC3)nc2n1Cc1cccc(CN2CCCC2)c1. The molecule has 12 heterocycles. The summed E-state index contributed by atoms with van der Waals surface area (Å²) in [6.07, 6.45) is 10.5. The number of halogens is 3. The van der Waals surface area contributed by atoms with E-state index in [0.717, 1.165) is 92.4 Å². The van der Waals surface area contributed by atoms with Crippen molar-refractivity contribution in [3.63, 3.8) is 0 Å². The molecule has 34 nitrogen and oxygen atoms in total. The largest absolute Gasteiger partial charge is 0.463 e. The van der Waals surface area contributed by atoms with Crippen molar-refractivity contribution < 1.29 is 46.4 Å². The second-order valence-electron chi connectivity index (χ2n) is 30.8. The number of ether oxygens (including phenoxy) is 6. The number of aromatic amines is 1. The van der Waals surface area contributed by atoms with Gasteiger partial charge in [-0.3, -0.25) is 28.5 Å². The molecule has 3 saturated heterocycles. The molecular formula is C85H105F3N26O8. The molecule has 13 aromatic rings. The summed E-state index contributed by atoms with van der Waals surface area (Å²) >= 11 is 0. The van der Waals surface area contributed by atoms with E-state index in [1.54, 1.807) is 29.4 Å². The maximum Gasteiger partial charge on any atom is 0.422 e. The Bertz CT molecular complexity index is 5750. The fourth-order valence-electron chi connectivity index (χ4n) is 14.9. The minimum Gasteiger partial charge on any atom is -0.463 e. The number of anilines is 4. The summed E-state index contributed by atoms with van der Waals surface area (Å²) in [6.45, 7) is 20.7. The first kappa shape index (κ1) is 85.8. The average molecular weight is 1680 g/mol. The van der Waals surface area contributed by atoms with Gasteiger partial charge in [0, 0.05) is 45.7 Å². The van der Waals surface area contributed by atoms with Crippen LogP contribution in [0.3, 0.4) is 0 Å². The van der Waals surface area contributed by atoms with Crippen molar-refractivity contribution in [1.29, 1.82) is 0 Å². The van der Waals surface area contributed by atoms with Gasteiger partial charge in [-0.05, 0) is 174 Å². The van der Waals surface area contributed by atoms with Crippen molar-refractivity contribution >= 4 is 74.0 Å². The fourth-order valence-corrected chi connectivity index (χ4v) is 14.9. The van der Waals surface area contributed by atoms with E-state index < -0.39 is 24.9 Å². The molecule has 4 aliphatic rings. The first-order valence-electron chi connectivity index (χ1n) is 41.4. The number of methoxy groups -OCH3 is 1. The van der Waals surface area contributed by atoms with E-state index in [1.165, 1.54) is 86.7 Å². The topological polar surface area (TPSA) is 410 Å². The monoisotopic (exact) mass is 1670 g/mol. The van der Waals surface area contributed by atoms with E-state index in [4.69, 9.17) is 51.4 Å². The van der Waals surface area contributed by atoms with Crippen molar-refractivity contribution in [3.05, 3.63) is 182 Å². The molecule has 37 heteroatoms. The van der Waals surface area contributed by atoms with Crippen LogP contribution in [0.4, 0.5) is 41.2 Å². The van der Waals surface area contributed by atoms with Gasteiger partial charge < -0.3 is 70.8 Å². The van der Waals surface area contributed by atoms with E-state index >= 15 is 0 Å². The zero-order chi connectivity index (χ0) is 85.2. The average Bonchev–Trinajstić information content (AvgIpc) is 2.22. The third kappa shape index (κ3) is 22.9. The van der Waals surface area contributed by atoms with Crippen molar-refractivity contribution in [3.8, 4) is 30.1 Å². The second kappa shape index (κ2) is 40.2. The zero-order valence-electron chi connectivity index (χ0n) is 69.4. The minimum absolute atomic E-state index is 0.0122. The molecule has 10 N–H and O–H groups in total. The summed E-state index contributed by atoms with van der Waals surface area (Å²) in [7, 11) is 1.58. The summed E-state index contributed by atoms with van der Waals surface area (Å²) in [4.78, 5) is 82.4. The first-order chi connectivity index (χ1) is 59.1. The standard InChI is InChI=1S/C23H31N7O4.C22H28N6O.C20H23F3N6O.C20H23N7O2/c1-3-25-23(31)34-22-26-18-19(24)27-21(33-12-11-32-2)28-20(18)30(22)15-17-8-6-7-16(13-17)14-29-9-4-5-10-29;1-15-24-19-20(23)25-22(29-14-16-7-8-16)26-21(19)28(15)13-18-6-4-5-17(11-18)12-27-9-2-3-10-27;1-13-25-16-17(24)26-19(30-12-20(21,22)23)27-18(16)29(13)11-15-6-4-5-14(9-15)10-28-7-2-3-8-28;1-2-3-10-29-19-24-17(21)16-18(25-19)27(20(28)23-16)13-15-7-4-6-14(11-15)12-26-9-5-8-22-26/h6-8,13H,3-5,9-12,14-15H2,1-2H3,(H,25,31)(H2,24,27,28);4-6,11,16H,2-3,7-10,12-14H2,1H3,(H2,23,25,26);4-6,9H,2-3,7-8,10-12H2,1H3,(H2,24,26,27);4-9,11H,2-3,10,12-13H2,1H3,(H,23,28)(H2,21,24,25). The Kier molecular flexibility index (Phi) is 28.3. The number of alkyl halides is 3. The van der Waals surface area contributed by atoms with E-state index in [9.17, 15) is 22.8 Å². The number of nitrogens with zero attached hydrogens (tertiary/aromatic N) is 20. The normalized spacial score (nSPS) is 14.4. The number of aryl methyl sites for hydroxylation is 2. The molecule has 0 spiro atoms. The summed E-state index contributed by atoms with van der Waals surface area (Å²) in [5, 5.41) is 6.85. The van der Waals surface area contributed by atoms with Crippen LogP contribution in [0.1, 0.15) is 134 Å². The zero-order valence-corrected chi connectivity index (χ0v) is 69.4. The fraction of sp³-hybridized carbons (Fsp3) is 0.435. The summed E-state index contributed by atoms with van der Waals surface area (Å²) in [5.74, 6) is 2.87. The van der Waals surface area contributed by atoms with Crippen molar-refractivity contribution in [2.75, 3.05) is 109 Å². The lowest BCUT2D eigenvalue weighted by atomic mass is 10.1. The lowest BCUT2D eigenvalue weighted by Crippen LogP contribution is -2.27. The van der Waals surface area contributed by atoms with Crippen LogP contribution >= 0.6 is 0 Å². The van der Waals surface area contributed by atoms with Crippen LogP contribution in [-0.4, -0.2) is 201 Å². The molecule has 0 bridgehead atoms. The van der Waals surface area contributed by atoms with Crippen LogP contribution in [0.15, 0.2) is 120 Å². The number of imidazole rings is 4. The number of likely N-dealkylation sites (tertiary alicyclic amines) is 3. The number of benzene rings is 4. The first-order valence-corrected chi connectivity index (χ1v) is 41.4. The molecule has 122 heavy (non-hydrogen) atoms. The molecule has 17 rings (SSSR count). The number of nitrogens with one attached hydrogen (secondary N) is 2. The smallest absolute Gasteiger partial charge is 0.422 e. The van der Waals surface area contributed by atoms with Gasteiger partial charge in [0.15, 0.2) is 69.0 Å². The van der Waals surface area contributed by atoms with Gasteiger partial charge in [0.1, 0.15) is 23.8 Å². The molecule has 4 aromatic carbocycles. The third-order valence-corrected chi connectivity index (χ3v) is 21.1. The van der Waals surface area contributed by atoms with Crippen LogP contribution in [0, 0.1) is 19.8 Å². The van der Waals surface area contributed by atoms with Gasteiger partial charge in [0.25, 0.3) is 0 Å². The molecular weight excluding hydrogens is 1570 g/mol. The number of hydrogen-bond donors (Lipinski definition) is 6. The third-order valence-electron chi connectivity index (χ3n) is 21.1. The number of rotatable bonds is 31. The van der Waals surface area contributed by atoms with Gasteiger partial charge in [-0.2, -0.15) is 63.1 Å². The maximum absolute atomic E-state index is 12.5. The van der Waals surface area contributed by atoms with Gasteiger partial charge in [0.05, 0.1) is 52.5 Å². The van der Waals surface area contributed by atoms with Crippen LogP contribution in [0.5, 0.6) is 30.1 Å². The Morgan fingerprint density at radius 3 is 1.36 bits per heavy atom. The molecule has 1 saturated carbocycles. The Morgan fingerprint density at radius 2 is 0.910 bits per heavy atom. The predicted molar refractivity (Wildman–Crippen MR) is 456 cm³/mol. The quantitative estimate of drug-likeness (QED) is 0.0220. The molecule has 1 amide bonds. The Labute approximate surface area is 702 Å².